The Bertz CT molecular complexity index is 437. The summed E-state index contributed by atoms with van der Waals surface area (Å²) in [5.74, 6) is -0.0817. The van der Waals surface area contributed by atoms with Crippen LogP contribution < -0.4 is 5.32 Å². The molecule has 0 unspecified atom stereocenters. The number of hydrogen-bond acceptors (Lipinski definition) is 1. The highest BCUT2D eigenvalue weighted by Gasteiger charge is 2.03. The van der Waals surface area contributed by atoms with Crippen molar-refractivity contribution < 1.29 is 4.79 Å². The molecule has 2 nitrogen and oxygen atoms in total. The van der Waals surface area contributed by atoms with Crippen LogP contribution in [0.5, 0.6) is 0 Å². The van der Waals surface area contributed by atoms with Crippen molar-refractivity contribution in [3.8, 4) is 0 Å². The zero-order chi connectivity index (χ0) is 10.5. The van der Waals surface area contributed by atoms with Gasteiger partial charge in [0, 0.05) is 11.3 Å². The minimum atomic E-state index is -0.0817. The number of carbonyl (C=O) groups excluding carboxylic acids is 1. The van der Waals surface area contributed by atoms with E-state index in [1.807, 2.05) is 48.5 Å². The molecule has 74 valence electrons. The number of amides is 1. The normalized spacial score (nSPS) is 9.60. The van der Waals surface area contributed by atoms with Crippen molar-refractivity contribution in [1.29, 1.82) is 0 Å². The Morgan fingerprint density at radius 1 is 0.800 bits per heavy atom. The largest absolute Gasteiger partial charge is 0.322 e. The number of rotatable bonds is 2. The zero-order valence-electron chi connectivity index (χ0n) is 8.18. The van der Waals surface area contributed by atoms with Crippen molar-refractivity contribution in [2.75, 3.05) is 5.32 Å². The van der Waals surface area contributed by atoms with Crippen LogP contribution in [0.3, 0.4) is 0 Å². The molecule has 2 rings (SSSR count). The molecule has 0 heterocycles. The summed E-state index contributed by atoms with van der Waals surface area (Å²) in [6, 6.07) is 18.6. The zero-order valence-corrected chi connectivity index (χ0v) is 8.18. The summed E-state index contributed by atoms with van der Waals surface area (Å²) >= 11 is 0. The maximum atomic E-state index is 11.7. The highest BCUT2D eigenvalue weighted by atomic mass is 18.1. The number of anilines is 1. The fourth-order valence-corrected chi connectivity index (χ4v) is 1.31. The van der Waals surface area contributed by atoms with E-state index < -0.39 is 0 Å². The van der Waals surface area contributed by atoms with Crippen LogP contribution in [-0.2, 0) is 0 Å². The van der Waals surface area contributed by atoms with Crippen LogP contribution in [0.2, 0.25) is 0 Å². The van der Waals surface area contributed by atoms with Gasteiger partial charge in [-0.3, -0.25) is 4.79 Å². The second-order valence-corrected chi connectivity index (χ2v) is 3.19. The first-order valence-electron chi connectivity index (χ1n) is 4.78. The molecule has 2 aromatic rings. The molecule has 0 aromatic heterocycles. The lowest BCUT2D eigenvalue weighted by Gasteiger charge is -2.03. The number of benzene rings is 2. The molecule has 0 fully saturated rings. The minimum Gasteiger partial charge on any atom is -0.322 e. The van der Waals surface area contributed by atoms with Gasteiger partial charge in [0.15, 0.2) is 0 Å². The van der Waals surface area contributed by atoms with Gasteiger partial charge >= 0.3 is 0 Å². The van der Waals surface area contributed by atoms with E-state index in [1.54, 1.807) is 12.1 Å². The predicted molar refractivity (Wildman–Crippen MR) is 60.8 cm³/mol. The Morgan fingerprint density at radius 3 is 1.93 bits per heavy atom. The average molecular weight is 199 g/mol. The van der Waals surface area contributed by atoms with Gasteiger partial charge in [-0.05, 0) is 24.3 Å². The van der Waals surface area contributed by atoms with Gasteiger partial charge in [-0.1, -0.05) is 36.4 Å². The molecule has 0 radical (unpaired) electrons. The van der Waals surface area contributed by atoms with Crippen LogP contribution in [0.1, 0.15) is 10.4 Å². The molecule has 0 aliphatic carbocycles. The summed E-state index contributed by atoms with van der Waals surface area (Å²) in [6.07, 6.45) is 0. The van der Waals surface area contributed by atoms with Crippen molar-refractivity contribution in [2.24, 2.45) is 0 Å². The molecule has 15 heavy (non-hydrogen) atoms. The molecule has 0 spiro atoms. The monoisotopic (exact) mass is 199 g/mol. The molecule has 1 N–H and O–H groups in total. The smallest absolute Gasteiger partial charge is 0.255 e. The maximum absolute atomic E-state index is 11.7. The van der Waals surface area contributed by atoms with Crippen molar-refractivity contribution in [2.45, 2.75) is 0 Å². The Balaban J connectivity index is 2.12. The molecule has 0 saturated heterocycles. The van der Waals surface area contributed by atoms with Gasteiger partial charge in [-0.2, -0.15) is 0 Å². The Kier molecular flexibility index (Phi) is 2.79. The number of para-hydroxylation sites is 1. The van der Waals surface area contributed by atoms with E-state index in [2.05, 4.69) is 5.32 Å². The molecular formula is C13H11NO. The van der Waals surface area contributed by atoms with Gasteiger partial charge in [-0.25, -0.2) is 0 Å². The lowest BCUT2D eigenvalue weighted by atomic mass is 10.2. The minimum absolute atomic E-state index is 0.0817. The fourth-order valence-electron chi connectivity index (χ4n) is 1.31. The van der Waals surface area contributed by atoms with Crippen LogP contribution in [0.25, 0.3) is 0 Å². The first-order chi connectivity index (χ1) is 7.36. The van der Waals surface area contributed by atoms with E-state index in [0.717, 1.165) is 5.69 Å². The maximum Gasteiger partial charge on any atom is 0.255 e. The SMILES string of the molecule is [18O]=C(Nc1ccccc1)c1ccccc1. The van der Waals surface area contributed by atoms with Crippen LogP contribution in [0.4, 0.5) is 5.69 Å². The second kappa shape index (κ2) is 4.42. The summed E-state index contributed by atoms with van der Waals surface area (Å²) in [6.45, 7) is 0. The first-order valence-corrected chi connectivity index (χ1v) is 4.78. The molecule has 1 amide bonds. The molecule has 2 heteroatoms. The molecule has 2 aromatic carbocycles. The van der Waals surface area contributed by atoms with Gasteiger partial charge in [0.2, 0.25) is 0 Å². The molecule has 0 aliphatic rings. The quantitative estimate of drug-likeness (QED) is 0.740. The highest BCUT2D eigenvalue weighted by Crippen LogP contribution is 2.07. The van der Waals surface area contributed by atoms with Crippen LogP contribution >= 0.6 is 0 Å². The first kappa shape index (κ1) is 9.46. The van der Waals surface area contributed by atoms with Crippen molar-refractivity contribution in [3.05, 3.63) is 66.2 Å². The van der Waals surface area contributed by atoms with E-state index in [1.165, 1.54) is 0 Å². The Hall–Kier alpha value is -2.09. The van der Waals surface area contributed by atoms with Crippen LogP contribution in [0.15, 0.2) is 60.7 Å². The third kappa shape index (κ3) is 2.44. The van der Waals surface area contributed by atoms with Gasteiger partial charge in [0.25, 0.3) is 5.91 Å². The lowest BCUT2D eigenvalue weighted by molar-refractivity contribution is 0.102. The average Bonchev–Trinajstić information content (AvgIpc) is 2.31. The Morgan fingerprint density at radius 2 is 1.33 bits per heavy atom. The third-order valence-electron chi connectivity index (χ3n) is 2.07. The lowest BCUT2D eigenvalue weighted by Crippen LogP contribution is -2.11. The van der Waals surface area contributed by atoms with E-state index in [9.17, 15) is 4.79 Å². The van der Waals surface area contributed by atoms with Crippen LogP contribution in [-0.4, -0.2) is 5.91 Å². The number of carbonyl (C=O) groups is 1. The topological polar surface area (TPSA) is 29.1 Å². The summed E-state index contributed by atoms with van der Waals surface area (Å²) < 4.78 is 0. The van der Waals surface area contributed by atoms with E-state index >= 15 is 0 Å². The number of hydrogen-bond donors (Lipinski definition) is 1. The third-order valence-corrected chi connectivity index (χ3v) is 2.07. The molecule has 0 bridgehead atoms. The second-order valence-electron chi connectivity index (χ2n) is 3.19. The van der Waals surface area contributed by atoms with Gasteiger partial charge in [-0.15, -0.1) is 0 Å². The Labute approximate surface area is 88.6 Å². The van der Waals surface area contributed by atoms with Gasteiger partial charge in [0.05, 0.1) is 0 Å². The van der Waals surface area contributed by atoms with Crippen LogP contribution in [0, 0.1) is 0 Å². The standard InChI is InChI=1S/C13H11NO/c15-13(11-7-3-1-4-8-11)14-12-9-5-2-6-10-12/h1-10H,(H,14,15)/i15+2. The number of nitrogens with one attached hydrogen (secondary N) is 1. The van der Waals surface area contributed by atoms with Crippen molar-refractivity contribution in [1.82, 2.24) is 0 Å². The fraction of sp³-hybridized carbons (Fsp3) is 0. The van der Waals surface area contributed by atoms with E-state index in [4.69, 9.17) is 0 Å². The summed E-state index contributed by atoms with van der Waals surface area (Å²) in [4.78, 5) is 11.7. The van der Waals surface area contributed by atoms with Gasteiger partial charge < -0.3 is 5.32 Å². The molecule has 0 saturated carbocycles. The van der Waals surface area contributed by atoms with E-state index in [-0.39, 0.29) is 5.91 Å². The summed E-state index contributed by atoms with van der Waals surface area (Å²) in [5, 5.41) is 2.82. The van der Waals surface area contributed by atoms with Gasteiger partial charge in [0.1, 0.15) is 0 Å². The van der Waals surface area contributed by atoms with Crippen molar-refractivity contribution >= 4 is 11.6 Å². The van der Waals surface area contributed by atoms with E-state index in [0.29, 0.717) is 5.56 Å². The summed E-state index contributed by atoms with van der Waals surface area (Å²) in [7, 11) is 0. The summed E-state index contributed by atoms with van der Waals surface area (Å²) in [5.41, 5.74) is 1.48. The predicted octanol–water partition coefficient (Wildman–Crippen LogP) is 2.94. The molecular weight excluding hydrogens is 188 g/mol. The van der Waals surface area contributed by atoms with Crippen molar-refractivity contribution in [3.63, 3.8) is 0 Å². The molecule has 0 aliphatic heterocycles. The highest BCUT2D eigenvalue weighted by molar-refractivity contribution is 6.04. The molecule has 0 atom stereocenters.